The summed E-state index contributed by atoms with van der Waals surface area (Å²) in [6.45, 7) is 2.27. The molecule has 0 fully saturated rings. The van der Waals surface area contributed by atoms with E-state index in [2.05, 4.69) is 6.92 Å². The third-order valence-corrected chi connectivity index (χ3v) is 1.62. The summed E-state index contributed by atoms with van der Waals surface area (Å²) in [5.74, 6) is 0. The van der Waals surface area contributed by atoms with E-state index in [1.807, 2.05) is 6.08 Å². The number of hydrogen-bond donors (Lipinski definition) is 1. The summed E-state index contributed by atoms with van der Waals surface area (Å²) in [4.78, 5) is 0. The Morgan fingerprint density at radius 3 is 2.64 bits per heavy atom. The Morgan fingerprint density at radius 2 is 2.18 bits per heavy atom. The zero-order valence-electron chi connectivity index (χ0n) is 7.42. The minimum atomic E-state index is 0.128. The lowest BCUT2D eigenvalue weighted by molar-refractivity contribution is 0.0970. The van der Waals surface area contributed by atoms with Gasteiger partial charge in [0.15, 0.2) is 0 Å². The van der Waals surface area contributed by atoms with Gasteiger partial charge in [0, 0.05) is 7.11 Å². The van der Waals surface area contributed by atoms with E-state index >= 15 is 0 Å². The highest BCUT2D eigenvalue weighted by Crippen LogP contribution is 2.05. The minimum Gasteiger partial charge on any atom is -0.392 e. The molecule has 11 heavy (non-hydrogen) atoms. The molecular weight excluding hydrogens is 140 g/mol. The molecule has 0 rings (SSSR count). The smallest absolute Gasteiger partial charge is 0.0612 e. The molecular formula is C9H18O2. The number of aliphatic hydroxyl groups excluding tert-OH is 1. The second-order valence-corrected chi connectivity index (χ2v) is 2.54. The standard InChI is InChI=1S/C9H18O2/c1-3-6-9(11-2)7-4-5-8-10/h4-5,9-10H,3,6-8H2,1-2H3. The van der Waals surface area contributed by atoms with Crippen LogP contribution in [-0.4, -0.2) is 24.9 Å². The van der Waals surface area contributed by atoms with Crippen molar-refractivity contribution in [3.63, 3.8) is 0 Å². The van der Waals surface area contributed by atoms with Gasteiger partial charge in [-0.1, -0.05) is 25.5 Å². The van der Waals surface area contributed by atoms with Crippen LogP contribution >= 0.6 is 0 Å². The first-order chi connectivity index (χ1) is 5.35. The third-order valence-electron chi connectivity index (χ3n) is 1.62. The summed E-state index contributed by atoms with van der Waals surface area (Å²) in [6.07, 6.45) is 7.18. The second kappa shape index (κ2) is 7.76. The van der Waals surface area contributed by atoms with Gasteiger partial charge in [-0.2, -0.15) is 0 Å². The minimum absolute atomic E-state index is 0.128. The highest BCUT2D eigenvalue weighted by Gasteiger charge is 2.01. The van der Waals surface area contributed by atoms with E-state index in [0.717, 1.165) is 19.3 Å². The predicted octanol–water partition coefficient (Wildman–Crippen LogP) is 1.74. The first-order valence-corrected chi connectivity index (χ1v) is 4.13. The Labute approximate surface area is 68.9 Å². The van der Waals surface area contributed by atoms with Crippen molar-refractivity contribution in [3.8, 4) is 0 Å². The van der Waals surface area contributed by atoms with Gasteiger partial charge >= 0.3 is 0 Å². The molecule has 0 aromatic carbocycles. The van der Waals surface area contributed by atoms with Crippen molar-refractivity contribution in [2.75, 3.05) is 13.7 Å². The maximum atomic E-state index is 8.45. The summed E-state index contributed by atoms with van der Waals surface area (Å²) in [5, 5.41) is 8.45. The van der Waals surface area contributed by atoms with Crippen molar-refractivity contribution >= 4 is 0 Å². The lowest BCUT2D eigenvalue weighted by atomic mass is 10.1. The maximum Gasteiger partial charge on any atom is 0.0612 e. The molecule has 1 unspecified atom stereocenters. The highest BCUT2D eigenvalue weighted by atomic mass is 16.5. The van der Waals surface area contributed by atoms with Crippen molar-refractivity contribution in [2.45, 2.75) is 32.3 Å². The van der Waals surface area contributed by atoms with Crippen molar-refractivity contribution < 1.29 is 9.84 Å². The quantitative estimate of drug-likeness (QED) is 0.597. The Bertz CT molecular complexity index is 99.7. The largest absolute Gasteiger partial charge is 0.392 e. The van der Waals surface area contributed by atoms with Crippen molar-refractivity contribution in [1.29, 1.82) is 0 Å². The zero-order chi connectivity index (χ0) is 8.53. The summed E-state index contributed by atoms with van der Waals surface area (Å²) in [7, 11) is 1.73. The van der Waals surface area contributed by atoms with Gasteiger partial charge in [-0.05, 0) is 12.8 Å². The molecule has 1 N–H and O–H groups in total. The van der Waals surface area contributed by atoms with Crippen molar-refractivity contribution in [2.24, 2.45) is 0 Å². The van der Waals surface area contributed by atoms with Gasteiger partial charge in [-0.3, -0.25) is 0 Å². The van der Waals surface area contributed by atoms with Crippen molar-refractivity contribution in [1.82, 2.24) is 0 Å². The second-order valence-electron chi connectivity index (χ2n) is 2.54. The first-order valence-electron chi connectivity index (χ1n) is 4.13. The molecule has 0 spiro atoms. The van der Waals surface area contributed by atoms with Crippen LogP contribution in [0, 0.1) is 0 Å². The molecule has 0 heterocycles. The number of rotatable bonds is 6. The van der Waals surface area contributed by atoms with Gasteiger partial charge in [-0.15, -0.1) is 0 Å². The van der Waals surface area contributed by atoms with E-state index in [0.29, 0.717) is 6.10 Å². The third kappa shape index (κ3) is 6.07. The zero-order valence-corrected chi connectivity index (χ0v) is 7.42. The molecule has 0 radical (unpaired) electrons. The van der Waals surface area contributed by atoms with Crippen LogP contribution in [0.2, 0.25) is 0 Å². The van der Waals surface area contributed by atoms with Gasteiger partial charge in [0.1, 0.15) is 0 Å². The molecule has 0 aliphatic heterocycles. The summed E-state index contributed by atoms with van der Waals surface area (Å²) < 4.78 is 5.20. The average molecular weight is 158 g/mol. The van der Waals surface area contributed by atoms with Crippen LogP contribution in [0.15, 0.2) is 12.2 Å². The molecule has 0 aromatic heterocycles. The average Bonchev–Trinajstić information content (AvgIpc) is 2.03. The molecule has 2 nitrogen and oxygen atoms in total. The highest BCUT2D eigenvalue weighted by molar-refractivity contribution is 4.83. The first kappa shape index (κ1) is 10.7. The number of ether oxygens (including phenoxy) is 1. The van der Waals surface area contributed by atoms with Crippen LogP contribution in [0.3, 0.4) is 0 Å². The van der Waals surface area contributed by atoms with Gasteiger partial charge in [0.25, 0.3) is 0 Å². The lowest BCUT2D eigenvalue weighted by Gasteiger charge is -2.10. The fraction of sp³-hybridized carbons (Fsp3) is 0.778. The summed E-state index contributed by atoms with van der Waals surface area (Å²) in [6, 6.07) is 0. The Kier molecular flexibility index (Phi) is 7.52. The monoisotopic (exact) mass is 158 g/mol. The Hall–Kier alpha value is -0.340. The predicted molar refractivity (Wildman–Crippen MR) is 46.5 cm³/mol. The fourth-order valence-corrected chi connectivity index (χ4v) is 0.976. The number of methoxy groups -OCH3 is 1. The molecule has 0 aliphatic rings. The van der Waals surface area contributed by atoms with E-state index in [9.17, 15) is 0 Å². The fourth-order valence-electron chi connectivity index (χ4n) is 0.976. The molecule has 66 valence electrons. The normalized spacial score (nSPS) is 14.1. The lowest BCUT2D eigenvalue weighted by Crippen LogP contribution is -2.08. The summed E-state index contributed by atoms with van der Waals surface area (Å²) in [5.41, 5.74) is 0. The van der Waals surface area contributed by atoms with Crippen LogP contribution in [0.4, 0.5) is 0 Å². The SMILES string of the molecule is CCCC(CC=CCO)OC. The van der Waals surface area contributed by atoms with E-state index < -0.39 is 0 Å². The number of hydrogen-bond acceptors (Lipinski definition) is 2. The Morgan fingerprint density at radius 1 is 1.45 bits per heavy atom. The van der Waals surface area contributed by atoms with Crippen LogP contribution < -0.4 is 0 Å². The maximum absolute atomic E-state index is 8.45. The van der Waals surface area contributed by atoms with Gasteiger partial charge in [0.05, 0.1) is 12.7 Å². The number of aliphatic hydroxyl groups is 1. The summed E-state index contributed by atoms with van der Waals surface area (Å²) >= 11 is 0. The molecule has 0 aromatic rings. The molecule has 0 saturated heterocycles. The van der Waals surface area contributed by atoms with Gasteiger partial charge < -0.3 is 9.84 Å². The van der Waals surface area contributed by atoms with Gasteiger partial charge in [0.2, 0.25) is 0 Å². The van der Waals surface area contributed by atoms with Gasteiger partial charge in [-0.25, -0.2) is 0 Å². The topological polar surface area (TPSA) is 29.5 Å². The Balaban J connectivity index is 3.42. The molecule has 0 bridgehead atoms. The van der Waals surface area contributed by atoms with Crippen LogP contribution in [0.25, 0.3) is 0 Å². The molecule has 0 amide bonds. The van der Waals surface area contributed by atoms with Crippen LogP contribution in [0.5, 0.6) is 0 Å². The van der Waals surface area contributed by atoms with E-state index in [-0.39, 0.29) is 6.61 Å². The molecule has 2 heteroatoms. The molecule has 1 atom stereocenters. The van der Waals surface area contributed by atoms with Crippen LogP contribution in [0.1, 0.15) is 26.2 Å². The van der Waals surface area contributed by atoms with E-state index in [1.54, 1.807) is 13.2 Å². The van der Waals surface area contributed by atoms with Crippen LogP contribution in [-0.2, 0) is 4.74 Å². The molecule has 0 saturated carbocycles. The van der Waals surface area contributed by atoms with E-state index in [1.165, 1.54) is 0 Å². The van der Waals surface area contributed by atoms with E-state index in [4.69, 9.17) is 9.84 Å². The molecule has 0 aliphatic carbocycles. The van der Waals surface area contributed by atoms with Crippen molar-refractivity contribution in [3.05, 3.63) is 12.2 Å².